The number of hydrogen-bond donors (Lipinski definition) is 1. The first kappa shape index (κ1) is 11.5. The van der Waals surface area contributed by atoms with Gasteiger partial charge in [-0.1, -0.05) is 25.8 Å². The zero-order valence-electron chi connectivity index (χ0n) is 10.4. The van der Waals surface area contributed by atoms with Crippen LogP contribution in [0, 0.1) is 0 Å². The molecule has 0 aliphatic carbocycles. The number of nitrogens with zero attached hydrogens (tertiary/aromatic N) is 1. The highest BCUT2D eigenvalue weighted by molar-refractivity contribution is 5.49. The van der Waals surface area contributed by atoms with Crippen LogP contribution in [0.1, 0.15) is 37.3 Å². The van der Waals surface area contributed by atoms with Crippen LogP contribution in [-0.4, -0.2) is 18.5 Å². The van der Waals surface area contributed by atoms with Gasteiger partial charge in [0, 0.05) is 25.8 Å². The Bertz CT molecular complexity index is 347. The third-order valence-electron chi connectivity index (χ3n) is 3.36. The summed E-state index contributed by atoms with van der Waals surface area (Å²) in [6.45, 7) is 5.78. The lowest BCUT2D eigenvalue weighted by Gasteiger charge is -2.13. The molecule has 0 spiro atoms. The summed E-state index contributed by atoms with van der Waals surface area (Å²) in [6, 6.07) is 6.73. The lowest BCUT2D eigenvalue weighted by Crippen LogP contribution is -2.17. The molecular weight excluding hydrogens is 196 g/mol. The van der Waals surface area contributed by atoms with Gasteiger partial charge >= 0.3 is 0 Å². The van der Waals surface area contributed by atoms with E-state index in [0.717, 1.165) is 13.1 Å². The highest BCUT2D eigenvalue weighted by atomic mass is 15.1. The van der Waals surface area contributed by atoms with Crippen LogP contribution in [0.2, 0.25) is 0 Å². The summed E-state index contributed by atoms with van der Waals surface area (Å²) in [4.78, 5) is 2.56. The Balaban J connectivity index is 1.93. The maximum absolute atomic E-state index is 3.21. The fourth-order valence-electron chi connectivity index (χ4n) is 2.36. The molecule has 1 heterocycles. The van der Waals surface area contributed by atoms with E-state index in [-0.39, 0.29) is 0 Å². The zero-order chi connectivity index (χ0) is 11.4. The largest absolute Gasteiger partial charge is 0.388 e. The Hall–Kier alpha value is -1.02. The third kappa shape index (κ3) is 2.56. The van der Waals surface area contributed by atoms with Crippen molar-refractivity contribution in [2.24, 2.45) is 0 Å². The third-order valence-corrected chi connectivity index (χ3v) is 3.36. The van der Waals surface area contributed by atoms with Gasteiger partial charge < -0.3 is 5.32 Å². The average Bonchev–Trinajstić information content (AvgIpc) is 2.70. The highest BCUT2D eigenvalue weighted by Crippen LogP contribution is 2.25. The standard InChI is InChI=1S/C14H22N2/c1-3-4-5-8-16-10-12-6-7-14(15-2)9-13(12)11-16/h6-7,9,15H,3-5,8,10-11H2,1-2H3. The summed E-state index contributed by atoms with van der Waals surface area (Å²) in [5.74, 6) is 0. The molecule has 1 aliphatic heterocycles. The molecule has 1 aromatic rings. The lowest BCUT2D eigenvalue weighted by molar-refractivity contribution is 0.277. The smallest absolute Gasteiger partial charge is 0.0341 e. The van der Waals surface area contributed by atoms with E-state index in [1.54, 1.807) is 0 Å². The van der Waals surface area contributed by atoms with E-state index in [1.165, 1.54) is 42.6 Å². The van der Waals surface area contributed by atoms with Crippen molar-refractivity contribution in [2.75, 3.05) is 18.9 Å². The summed E-state index contributed by atoms with van der Waals surface area (Å²) in [7, 11) is 1.98. The molecule has 88 valence electrons. The van der Waals surface area contributed by atoms with E-state index in [2.05, 4.69) is 35.3 Å². The molecule has 0 bridgehead atoms. The van der Waals surface area contributed by atoms with E-state index < -0.39 is 0 Å². The molecule has 2 rings (SSSR count). The van der Waals surface area contributed by atoms with Crippen molar-refractivity contribution in [3.05, 3.63) is 29.3 Å². The van der Waals surface area contributed by atoms with Gasteiger partial charge in [0.2, 0.25) is 0 Å². The van der Waals surface area contributed by atoms with Crippen LogP contribution in [0.15, 0.2) is 18.2 Å². The Morgan fingerprint density at radius 2 is 2.00 bits per heavy atom. The van der Waals surface area contributed by atoms with Gasteiger partial charge in [-0.15, -0.1) is 0 Å². The number of benzene rings is 1. The molecule has 0 fully saturated rings. The van der Waals surface area contributed by atoms with Gasteiger partial charge in [0.15, 0.2) is 0 Å². The first-order chi connectivity index (χ1) is 7.83. The summed E-state index contributed by atoms with van der Waals surface area (Å²) >= 11 is 0. The number of nitrogens with one attached hydrogen (secondary N) is 1. The van der Waals surface area contributed by atoms with Gasteiger partial charge in [0.05, 0.1) is 0 Å². The summed E-state index contributed by atoms with van der Waals surface area (Å²) in [5, 5.41) is 3.21. The van der Waals surface area contributed by atoms with Gasteiger partial charge in [-0.2, -0.15) is 0 Å². The first-order valence-corrected chi connectivity index (χ1v) is 6.35. The van der Waals surface area contributed by atoms with Crippen molar-refractivity contribution in [1.29, 1.82) is 0 Å². The van der Waals surface area contributed by atoms with E-state index in [1.807, 2.05) is 7.05 Å². The number of anilines is 1. The van der Waals surface area contributed by atoms with Crippen LogP contribution in [0.5, 0.6) is 0 Å². The molecule has 0 saturated heterocycles. The molecule has 2 heteroatoms. The van der Waals surface area contributed by atoms with E-state index in [9.17, 15) is 0 Å². The zero-order valence-corrected chi connectivity index (χ0v) is 10.4. The Morgan fingerprint density at radius 1 is 1.19 bits per heavy atom. The van der Waals surface area contributed by atoms with Crippen LogP contribution < -0.4 is 5.32 Å². The molecule has 0 unspecified atom stereocenters. The molecule has 1 aliphatic rings. The van der Waals surface area contributed by atoms with Crippen LogP contribution in [0.3, 0.4) is 0 Å². The molecule has 2 nitrogen and oxygen atoms in total. The molecule has 1 N–H and O–H groups in total. The maximum Gasteiger partial charge on any atom is 0.0341 e. The average molecular weight is 218 g/mol. The second-order valence-corrected chi connectivity index (χ2v) is 4.65. The Kier molecular flexibility index (Phi) is 3.83. The maximum atomic E-state index is 3.21. The van der Waals surface area contributed by atoms with Gasteiger partial charge in [-0.05, 0) is 36.2 Å². The van der Waals surface area contributed by atoms with Crippen LogP contribution in [0.25, 0.3) is 0 Å². The van der Waals surface area contributed by atoms with Crippen molar-refractivity contribution in [1.82, 2.24) is 4.90 Å². The number of rotatable bonds is 5. The van der Waals surface area contributed by atoms with Crippen LogP contribution in [0.4, 0.5) is 5.69 Å². The van der Waals surface area contributed by atoms with E-state index >= 15 is 0 Å². The molecule has 0 aromatic heterocycles. The molecule has 1 aromatic carbocycles. The minimum Gasteiger partial charge on any atom is -0.388 e. The molecular formula is C14H22N2. The Labute approximate surface area is 98.7 Å². The van der Waals surface area contributed by atoms with Crippen molar-refractivity contribution in [2.45, 2.75) is 39.3 Å². The summed E-state index contributed by atoms with van der Waals surface area (Å²) in [6.07, 6.45) is 4.00. The van der Waals surface area contributed by atoms with Crippen molar-refractivity contribution in [3.8, 4) is 0 Å². The minimum atomic E-state index is 1.13. The lowest BCUT2D eigenvalue weighted by atomic mass is 10.1. The van der Waals surface area contributed by atoms with Gasteiger partial charge in [0.25, 0.3) is 0 Å². The quantitative estimate of drug-likeness (QED) is 0.763. The minimum absolute atomic E-state index is 1.13. The molecule has 0 atom stereocenters. The van der Waals surface area contributed by atoms with Crippen molar-refractivity contribution < 1.29 is 0 Å². The van der Waals surface area contributed by atoms with E-state index in [0.29, 0.717) is 0 Å². The van der Waals surface area contributed by atoms with Gasteiger partial charge in [-0.3, -0.25) is 4.90 Å². The SMILES string of the molecule is CCCCCN1Cc2ccc(NC)cc2C1. The van der Waals surface area contributed by atoms with Crippen LogP contribution in [-0.2, 0) is 13.1 Å². The van der Waals surface area contributed by atoms with Gasteiger partial charge in [0.1, 0.15) is 0 Å². The molecule has 0 radical (unpaired) electrons. The van der Waals surface area contributed by atoms with E-state index in [4.69, 9.17) is 0 Å². The second-order valence-electron chi connectivity index (χ2n) is 4.65. The second kappa shape index (κ2) is 5.35. The van der Waals surface area contributed by atoms with Crippen molar-refractivity contribution >= 4 is 5.69 Å². The van der Waals surface area contributed by atoms with Crippen LogP contribution >= 0.6 is 0 Å². The first-order valence-electron chi connectivity index (χ1n) is 6.35. The summed E-state index contributed by atoms with van der Waals surface area (Å²) in [5.41, 5.74) is 4.24. The monoisotopic (exact) mass is 218 g/mol. The highest BCUT2D eigenvalue weighted by Gasteiger charge is 2.18. The number of fused-ring (bicyclic) bond motifs is 1. The topological polar surface area (TPSA) is 15.3 Å². The number of hydrogen-bond acceptors (Lipinski definition) is 2. The predicted molar refractivity (Wildman–Crippen MR) is 69.6 cm³/mol. The fourth-order valence-corrected chi connectivity index (χ4v) is 2.36. The Morgan fingerprint density at radius 3 is 2.75 bits per heavy atom. The normalized spacial score (nSPS) is 15.1. The molecule has 0 saturated carbocycles. The predicted octanol–water partition coefficient (Wildman–Crippen LogP) is 3.23. The van der Waals surface area contributed by atoms with Crippen molar-refractivity contribution in [3.63, 3.8) is 0 Å². The fraction of sp³-hybridized carbons (Fsp3) is 0.571. The van der Waals surface area contributed by atoms with Gasteiger partial charge in [-0.25, -0.2) is 0 Å². The number of unbranched alkanes of at least 4 members (excludes halogenated alkanes) is 2. The molecule has 16 heavy (non-hydrogen) atoms. The molecule has 0 amide bonds. The summed E-state index contributed by atoms with van der Waals surface area (Å²) < 4.78 is 0.